The van der Waals surface area contributed by atoms with Gasteiger partial charge in [0.2, 0.25) is 0 Å². The van der Waals surface area contributed by atoms with E-state index in [0.29, 0.717) is 18.1 Å². The van der Waals surface area contributed by atoms with Crippen LogP contribution in [-0.4, -0.2) is 41.8 Å². The van der Waals surface area contributed by atoms with Crippen molar-refractivity contribution in [2.45, 2.75) is 51.6 Å². The van der Waals surface area contributed by atoms with E-state index < -0.39 is 0 Å². The number of rotatable bonds is 8. The van der Waals surface area contributed by atoms with Crippen molar-refractivity contribution in [2.75, 3.05) is 26.2 Å². The van der Waals surface area contributed by atoms with E-state index in [2.05, 4.69) is 70.5 Å². The monoisotopic (exact) mass is 572 g/mol. The SMILES string of the molecule is Cl.Cl.O=C(CCC1CCN(Cc2cccc(Cl)c2)CC1)c1ccc2c(c1)CCN(Cc1ccccc1)CC2. The second-order valence-corrected chi connectivity index (χ2v) is 11.0. The van der Waals surface area contributed by atoms with E-state index in [0.717, 1.165) is 69.1 Å². The Kier molecular flexibility index (Phi) is 12.1. The highest BCUT2D eigenvalue weighted by atomic mass is 35.5. The van der Waals surface area contributed by atoms with Gasteiger partial charge in [-0.25, -0.2) is 0 Å². The Labute approximate surface area is 245 Å². The van der Waals surface area contributed by atoms with Crippen molar-refractivity contribution < 1.29 is 4.79 Å². The van der Waals surface area contributed by atoms with Crippen molar-refractivity contribution in [3.05, 3.63) is 106 Å². The molecule has 204 valence electrons. The van der Waals surface area contributed by atoms with Crippen LogP contribution in [0.1, 0.15) is 58.3 Å². The number of piperidine rings is 1. The van der Waals surface area contributed by atoms with Gasteiger partial charge in [-0.3, -0.25) is 14.6 Å². The predicted molar refractivity (Wildman–Crippen MR) is 163 cm³/mol. The third-order valence-electron chi connectivity index (χ3n) is 7.95. The van der Waals surface area contributed by atoms with Crippen molar-refractivity contribution in [3.8, 4) is 0 Å². The van der Waals surface area contributed by atoms with Crippen LogP contribution in [0.3, 0.4) is 0 Å². The molecule has 2 aliphatic rings. The topological polar surface area (TPSA) is 23.6 Å². The Bertz CT molecular complexity index is 1160. The van der Waals surface area contributed by atoms with E-state index in [9.17, 15) is 4.79 Å². The highest BCUT2D eigenvalue weighted by Gasteiger charge is 2.21. The number of ketones is 1. The molecule has 3 nitrogen and oxygen atoms in total. The van der Waals surface area contributed by atoms with E-state index in [1.54, 1.807) is 0 Å². The minimum Gasteiger partial charge on any atom is -0.299 e. The van der Waals surface area contributed by atoms with Crippen LogP contribution in [-0.2, 0) is 25.9 Å². The highest BCUT2D eigenvalue weighted by molar-refractivity contribution is 6.30. The van der Waals surface area contributed by atoms with E-state index >= 15 is 0 Å². The molecule has 0 amide bonds. The molecule has 5 rings (SSSR count). The highest BCUT2D eigenvalue weighted by Crippen LogP contribution is 2.26. The fraction of sp³-hybridized carbons (Fsp3) is 0.406. The van der Waals surface area contributed by atoms with Gasteiger partial charge in [-0.1, -0.05) is 66.2 Å². The van der Waals surface area contributed by atoms with Crippen LogP contribution in [0.5, 0.6) is 0 Å². The molecular formula is C32H39Cl3N2O. The van der Waals surface area contributed by atoms with E-state index in [1.165, 1.54) is 35.1 Å². The molecular weight excluding hydrogens is 535 g/mol. The van der Waals surface area contributed by atoms with Crippen LogP contribution in [0.2, 0.25) is 5.02 Å². The number of hydrogen-bond acceptors (Lipinski definition) is 3. The maximum atomic E-state index is 13.1. The molecule has 38 heavy (non-hydrogen) atoms. The molecule has 0 aromatic heterocycles. The van der Waals surface area contributed by atoms with Gasteiger partial charge in [0, 0.05) is 43.2 Å². The van der Waals surface area contributed by atoms with Crippen LogP contribution in [0.4, 0.5) is 0 Å². The zero-order valence-electron chi connectivity index (χ0n) is 22.0. The molecule has 0 unspecified atom stereocenters. The van der Waals surface area contributed by atoms with E-state index in [-0.39, 0.29) is 24.8 Å². The maximum Gasteiger partial charge on any atom is 0.162 e. The van der Waals surface area contributed by atoms with E-state index in [1.807, 2.05) is 12.1 Å². The first-order valence-electron chi connectivity index (χ1n) is 13.5. The summed E-state index contributed by atoms with van der Waals surface area (Å²) in [5.74, 6) is 0.960. The zero-order chi connectivity index (χ0) is 24.7. The van der Waals surface area contributed by atoms with Crippen LogP contribution in [0.25, 0.3) is 0 Å². The average Bonchev–Trinajstić information content (AvgIpc) is 3.10. The molecule has 2 aliphatic heterocycles. The number of Topliss-reactive ketones (excluding diaryl/α,β-unsaturated/α-hetero) is 1. The summed E-state index contributed by atoms with van der Waals surface area (Å²) < 4.78 is 0. The van der Waals surface area contributed by atoms with Crippen molar-refractivity contribution in [3.63, 3.8) is 0 Å². The van der Waals surface area contributed by atoms with Gasteiger partial charge in [0.1, 0.15) is 0 Å². The summed E-state index contributed by atoms with van der Waals surface area (Å²) in [4.78, 5) is 18.1. The fourth-order valence-electron chi connectivity index (χ4n) is 5.75. The molecule has 0 spiro atoms. The van der Waals surface area contributed by atoms with Crippen molar-refractivity contribution in [2.24, 2.45) is 5.92 Å². The first kappa shape index (κ1) is 30.7. The second-order valence-electron chi connectivity index (χ2n) is 10.6. The average molecular weight is 574 g/mol. The quantitative estimate of drug-likeness (QED) is 0.259. The molecule has 0 aliphatic carbocycles. The Morgan fingerprint density at radius 3 is 2.13 bits per heavy atom. The van der Waals surface area contributed by atoms with Crippen molar-refractivity contribution in [1.29, 1.82) is 0 Å². The third kappa shape index (κ3) is 8.56. The summed E-state index contributed by atoms with van der Waals surface area (Å²) >= 11 is 6.14. The van der Waals surface area contributed by atoms with Crippen LogP contribution < -0.4 is 0 Å². The number of benzene rings is 3. The molecule has 1 saturated heterocycles. The van der Waals surface area contributed by atoms with Gasteiger partial charge >= 0.3 is 0 Å². The number of hydrogen-bond donors (Lipinski definition) is 0. The van der Waals surface area contributed by atoms with Gasteiger partial charge in [-0.2, -0.15) is 0 Å². The second kappa shape index (κ2) is 15.1. The number of nitrogens with zero attached hydrogens (tertiary/aromatic N) is 2. The van der Waals surface area contributed by atoms with Gasteiger partial charge in [0.05, 0.1) is 0 Å². The number of carbonyl (C=O) groups excluding carboxylic acids is 1. The Morgan fingerprint density at radius 1 is 0.737 bits per heavy atom. The van der Waals surface area contributed by atoms with Crippen LogP contribution >= 0.6 is 36.4 Å². The molecule has 6 heteroatoms. The van der Waals surface area contributed by atoms with Crippen LogP contribution in [0, 0.1) is 5.92 Å². The Hall–Kier alpha value is -1.88. The lowest BCUT2D eigenvalue weighted by Gasteiger charge is -2.32. The third-order valence-corrected chi connectivity index (χ3v) is 8.19. The summed E-state index contributed by atoms with van der Waals surface area (Å²) in [5, 5.41) is 0.809. The number of likely N-dealkylation sites (tertiary alicyclic amines) is 1. The van der Waals surface area contributed by atoms with Gasteiger partial charge in [0.25, 0.3) is 0 Å². The summed E-state index contributed by atoms with van der Waals surface area (Å²) in [5.41, 5.74) is 6.33. The summed E-state index contributed by atoms with van der Waals surface area (Å²) in [6, 6.07) is 25.4. The van der Waals surface area contributed by atoms with Gasteiger partial charge in [-0.15, -0.1) is 24.8 Å². The lowest BCUT2D eigenvalue weighted by Crippen LogP contribution is -2.33. The summed E-state index contributed by atoms with van der Waals surface area (Å²) in [7, 11) is 0. The summed E-state index contributed by atoms with van der Waals surface area (Å²) in [6.45, 7) is 6.29. The van der Waals surface area contributed by atoms with Crippen molar-refractivity contribution in [1.82, 2.24) is 9.80 Å². The van der Waals surface area contributed by atoms with E-state index in [4.69, 9.17) is 11.6 Å². The first-order valence-corrected chi connectivity index (χ1v) is 13.9. The smallest absolute Gasteiger partial charge is 0.162 e. The lowest BCUT2D eigenvalue weighted by atomic mass is 9.89. The molecule has 0 radical (unpaired) electrons. The molecule has 3 aromatic rings. The minimum absolute atomic E-state index is 0. The maximum absolute atomic E-state index is 13.1. The lowest BCUT2D eigenvalue weighted by molar-refractivity contribution is 0.0961. The van der Waals surface area contributed by atoms with Gasteiger partial charge in [-0.05, 0) is 91.6 Å². The Balaban J connectivity index is 0.00000200. The summed E-state index contributed by atoms with van der Waals surface area (Å²) in [6.07, 6.45) is 6.10. The zero-order valence-corrected chi connectivity index (χ0v) is 24.4. The molecule has 0 bridgehead atoms. The van der Waals surface area contributed by atoms with Crippen LogP contribution in [0.15, 0.2) is 72.8 Å². The molecule has 3 aromatic carbocycles. The first-order chi connectivity index (χ1) is 17.6. The standard InChI is InChI=1S/C32H37ClN2O.2ClH/c33-31-8-4-7-27(21-31)24-34-17-13-25(14-18-34)9-12-32(36)30-11-10-28-15-19-35(20-16-29(28)22-30)23-26-5-2-1-3-6-26;;/h1-8,10-11,21-22,25H,9,12-20,23-24H2;2*1H. The number of fused-ring (bicyclic) bond motifs is 1. The molecule has 1 fully saturated rings. The molecule has 0 N–H and O–H groups in total. The minimum atomic E-state index is 0. The van der Waals surface area contributed by atoms with Gasteiger partial charge in [0.15, 0.2) is 5.78 Å². The Morgan fingerprint density at radius 2 is 1.39 bits per heavy atom. The normalized spacial score (nSPS) is 16.6. The van der Waals surface area contributed by atoms with Gasteiger partial charge < -0.3 is 0 Å². The molecule has 0 atom stereocenters. The predicted octanol–water partition coefficient (Wildman–Crippen LogP) is 7.66. The number of halogens is 3. The number of carbonyl (C=O) groups is 1. The molecule has 0 saturated carbocycles. The molecule has 2 heterocycles. The van der Waals surface area contributed by atoms with Crippen molar-refractivity contribution >= 4 is 42.2 Å². The fourth-order valence-corrected chi connectivity index (χ4v) is 5.96. The largest absolute Gasteiger partial charge is 0.299 e.